The third-order valence-electron chi connectivity index (χ3n) is 4.02. The highest BCUT2D eigenvalue weighted by atomic mass is 19.4. The van der Waals surface area contributed by atoms with Crippen molar-refractivity contribution < 1.29 is 32.6 Å². The Morgan fingerprint density at radius 1 is 1.33 bits per heavy atom. The third kappa shape index (κ3) is 3.98. The van der Waals surface area contributed by atoms with Crippen LogP contribution in [0.5, 0.6) is 5.75 Å². The van der Waals surface area contributed by atoms with Gasteiger partial charge in [0.15, 0.2) is 6.10 Å². The van der Waals surface area contributed by atoms with Crippen molar-refractivity contribution in [3.8, 4) is 5.75 Å². The second-order valence-corrected chi connectivity index (χ2v) is 5.91. The SMILES string of the molecule is Cc1cccc(OC(C)C(=O)N2C[C@@H](C(F)(F)F)[C@H](C(=O)O)C2)c1. The smallest absolute Gasteiger partial charge is 0.394 e. The molecule has 1 amide bonds. The first kappa shape index (κ1) is 18.1. The van der Waals surface area contributed by atoms with Crippen molar-refractivity contribution in [2.24, 2.45) is 11.8 Å². The van der Waals surface area contributed by atoms with Gasteiger partial charge in [-0.2, -0.15) is 13.2 Å². The molecule has 1 aliphatic heterocycles. The van der Waals surface area contributed by atoms with Gasteiger partial charge in [0.2, 0.25) is 0 Å². The minimum absolute atomic E-state index is 0.428. The number of benzene rings is 1. The molecule has 8 heteroatoms. The summed E-state index contributed by atoms with van der Waals surface area (Å²) in [7, 11) is 0. The Hall–Kier alpha value is -2.25. The maximum absolute atomic E-state index is 13.0. The Labute approximate surface area is 137 Å². The zero-order chi connectivity index (χ0) is 18.1. The monoisotopic (exact) mass is 345 g/mol. The molecular formula is C16H18F3NO4. The summed E-state index contributed by atoms with van der Waals surface area (Å²) in [5.41, 5.74) is 0.913. The summed E-state index contributed by atoms with van der Waals surface area (Å²) < 4.78 is 44.4. The molecule has 0 spiro atoms. The molecule has 1 fully saturated rings. The van der Waals surface area contributed by atoms with Crippen LogP contribution in [0.4, 0.5) is 13.2 Å². The molecule has 1 unspecified atom stereocenters. The quantitative estimate of drug-likeness (QED) is 0.910. The van der Waals surface area contributed by atoms with E-state index in [0.29, 0.717) is 5.75 Å². The number of nitrogens with zero attached hydrogens (tertiary/aromatic N) is 1. The van der Waals surface area contributed by atoms with Gasteiger partial charge in [0.1, 0.15) is 5.75 Å². The van der Waals surface area contributed by atoms with Crippen molar-refractivity contribution in [1.82, 2.24) is 4.90 Å². The van der Waals surface area contributed by atoms with Crippen LogP contribution in [-0.2, 0) is 9.59 Å². The number of rotatable bonds is 4. The first-order chi connectivity index (χ1) is 11.1. The van der Waals surface area contributed by atoms with Crippen LogP contribution >= 0.6 is 0 Å². The number of alkyl halides is 3. The van der Waals surface area contributed by atoms with Crippen LogP contribution in [0.15, 0.2) is 24.3 Å². The number of hydrogen-bond acceptors (Lipinski definition) is 3. The highest BCUT2D eigenvalue weighted by Crippen LogP contribution is 2.38. The van der Waals surface area contributed by atoms with Crippen LogP contribution in [0.1, 0.15) is 12.5 Å². The molecule has 0 radical (unpaired) electrons. The molecule has 0 bridgehead atoms. The molecule has 0 saturated carbocycles. The van der Waals surface area contributed by atoms with E-state index < -0.39 is 49.1 Å². The molecule has 1 saturated heterocycles. The first-order valence-corrected chi connectivity index (χ1v) is 7.41. The number of amides is 1. The van der Waals surface area contributed by atoms with Crippen LogP contribution in [-0.4, -0.2) is 47.3 Å². The van der Waals surface area contributed by atoms with E-state index in [1.165, 1.54) is 6.92 Å². The molecular weight excluding hydrogens is 327 g/mol. The van der Waals surface area contributed by atoms with E-state index in [-0.39, 0.29) is 0 Å². The highest BCUT2D eigenvalue weighted by molar-refractivity contribution is 5.82. The van der Waals surface area contributed by atoms with Gasteiger partial charge in [0, 0.05) is 13.1 Å². The van der Waals surface area contributed by atoms with E-state index in [4.69, 9.17) is 9.84 Å². The largest absolute Gasteiger partial charge is 0.481 e. The van der Waals surface area contributed by atoms with Gasteiger partial charge < -0.3 is 14.7 Å². The zero-order valence-corrected chi connectivity index (χ0v) is 13.2. The number of hydrogen-bond donors (Lipinski definition) is 1. The lowest BCUT2D eigenvalue weighted by Gasteiger charge is -2.22. The van der Waals surface area contributed by atoms with Crippen molar-refractivity contribution >= 4 is 11.9 Å². The average Bonchev–Trinajstić information content (AvgIpc) is 2.91. The average molecular weight is 345 g/mol. The van der Waals surface area contributed by atoms with Gasteiger partial charge >= 0.3 is 12.1 Å². The Bertz CT molecular complexity index is 632. The van der Waals surface area contributed by atoms with Crippen LogP contribution in [0.25, 0.3) is 0 Å². The van der Waals surface area contributed by atoms with Crippen molar-refractivity contribution in [3.63, 3.8) is 0 Å². The van der Waals surface area contributed by atoms with Gasteiger partial charge in [-0.1, -0.05) is 12.1 Å². The standard InChI is InChI=1S/C16H18F3NO4/c1-9-4-3-5-11(6-9)24-10(2)14(21)20-7-12(15(22)23)13(8-20)16(17,18)19/h3-6,10,12-13H,7-8H2,1-2H3,(H,22,23)/t10?,12-,13-/m1/s1. The molecule has 1 aliphatic rings. The number of carboxylic acid groups (broad SMARTS) is 1. The summed E-state index contributed by atoms with van der Waals surface area (Å²) >= 11 is 0. The Morgan fingerprint density at radius 3 is 2.50 bits per heavy atom. The molecule has 1 N–H and O–H groups in total. The lowest BCUT2D eigenvalue weighted by atomic mass is 9.96. The maximum Gasteiger partial charge on any atom is 0.394 e. The number of aliphatic carboxylic acids is 1. The topological polar surface area (TPSA) is 66.8 Å². The molecule has 0 aliphatic carbocycles. The molecule has 1 aromatic carbocycles. The van der Waals surface area contributed by atoms with E-state index in [9.17, 15) is 22.8 Å². The van der Waals surface area contributed by atoms with E-state index in [2.05, 4.69) is 0 Å². The fraction of sp³-hybridized carbons (Fsp3) is 0.500. The summed E-state index contributed by atoms with van der Waals surface area (Å²) in [6.07, 6.45) is -5.67. The van der Waals surface area contributed by atoms with Gasteiger partial charge in [0.25, 0.3) is 5.91 Å². The van der Waals surface area contributed by atoms with Gasteiger partial charge in [-0.3, -0.25) is 9.59 Å². The molecule has 3 atom stereocenters. The minimum atomic E-state index is -4.67. The molecule has 1 aromatic rings. The number of aryl methyl sites for hydroxylation is 1. The highest BCUT2D eigenvalue weighted by Gasteiger charge is 2.53. The Balaban J connectivity index is 2.08. The normalized spacial score (nSPS) is 22.3. The summed E-state index contributed by atoms with van der Waals surface area (Å²) in [6.45, 7) is 2.13. The minimum Gasteiger partial charge on any atom is -0.481 e. The molecule has 2 rings (SSSR count). The lowest BCUT2D eigenvalue weighted by molar-refractivity contribution is -0.188. The van der Waals surface area contributed by atoms with E-state index in [1.807, 2.05) is 13.0 Å². The number of likely N-dealkylation sites (tertiary alicyclic amines) is 1. The zero-order valence-electron chi connectivity index (χ0n) is 13.2. The predicted octanol–water partition coefficient (Wildman–Crippen LogP) is 2.48. The van der Waals surface area contributed by atoms with E-state index >= 15 is 0 Å². The van der Waals surface area contributed by atoms with E-state index in [0.717, 1.165) is 10.5 Å². The molecule has 0 aromatic heterocycles. The van der Waals surface area contributed by atoms with Gasteiger partial charge in [0.05, 0.1) is 11.8 Å². The molecule has 24 heavy (non-hydrogen) atoms. The maximum atomic E-state index is 13.0. The van der Waals surface area contributed by atoms with Gasteiger partial charge in [-0.05, 0) is 31.5 Å². The number of carboxylic acids is 1. The third-order valence-corrected chi connectivity index (χ3v) is 4.02. The number of carbonyl (C=O) groups excluding carboxylic acids is 1. The number of ether oxygens (including phenoxy) is 1. The lowest BCUT2D eigenvalue weighted by Crippen LogP contribution is -2.40. The summed E-state index contributed by atoms with van der Waals surface area (Å²) in [5, 5.41) is 8.98. The fourth-order valence-electron chi connectivity index (χ4n) is 2.77. The van der Waals surface area contributed by atoms with E-state index in [1.54, 1.807) is 18.2 Å². The first-order valence-electron chi connectivity index (χ1n) is 7.41. The van der Waals surface area contributed by atoms with Crippen LogP contribution in [0, 0.1) is 18.8 Å². The van der Waals surface area contributed by atoms with Crippen molar-refractivity contribution in [2.75, 3.05) is 13.1 Å². The molecule has 132 valence electrons. The Kier molecular flexibility index (Phi) is 5.05. The van der Waals surface area contributed by atoms with Gasteiger partial charge in [-0.25, -0.2) is 0 Å². The van der Waals surface area contributed by atoms with Gasteiger partial charge in [-0.15, -0.1) is 0 Å². The van der Waals surface area contributed by atoms with Crippen molar-refractivity contribution in [2.45, 2.75) is 26.1 Å². The van der Waals surface area contributed by atoms with Crippen LogP contribution in [0.2, 0.25) is 0 Å². The van der Waals surface area contributed by atoms with Crippen molar-refractivity contribution in [3.05, 3.63) is 29.8 Å². The van der Waals surface area contributed by atoms with Crippen molar-refractivity contribution in [1.29, 1.82) is 0 Å². The van der Waals surface area contributed by atoms with Crippen LogP contribution < -0.4 is 4.74 Å². The summed E-state index contributed by atoms with van der Waals surface area (Å²) in [6, 6.07) is 6.91. The molecule has 5 nitrogen and oxygen atoms in total. The fourth-order valence-corrected chi connectivity index (χ4v) is 2.77. The Morgan fingerprint density at radius 2 is 2.00 bits per heavy atom. The predicted molar refractivity (Wildman–Crippen MR) is 78.5 cm³/mol. The summed E-state index contributed by atoms with van der Waals surface area (Å²) in [5.74, 6) is -5.50. The molecule has 1 heterocycles. The second-order valence-electron chi connectivity index (χ2n) is 5.91. The number of halogens is 3. The summed E-state index contributed by atoms with van der Waals surface area (Å²) in [4.78, 5) is 24.3. The van der Waals surface area contributed by atoms with Crippen LogP contribution in [0.3, 0.4) is 0 Å². The second kappa shape index (κ2) is 6.70. The number of carbonyl (C=O) groups is 2.